The number of hydrogen-bond donors (Lipinski definition) is 0. The predicted octanol–water partition coefficient (Wildman–Crippen LogP) is 1.93. The number of carbonyl (C=O) groups is 1. The highest BCUT2D eigenvalue weighted by molar-refractivity contribution is 6.31. The van der Waals surface area contributed by atoms with Crippen LogP contribution in [0.1, 0.15) is 11.5 Å². The zero-order chi connectivity index (χ0) is 9.26. The third-order valence-electron chi connectivity index (χ3n) is 2.21. The lowest BCUT2D eigenvalue weighted by Gasteiger charge is -2.08. The van der Waals surface area contributed by atoms with Gasteiger partial charge in [-0.25, -0.2) is 0 Å². The first-order valence-electron chi connectivity index (χ1n) is 4.14. The van der Waals surface area contributed by atoms with E-state index in [0.717, 1.165) is 5.56 Å². The Bertz CT molecular complexity index is 310. The van der Waals surface area contributed by atoms with Crippen molar-refractivity contribution in [2.45, 2.75) is 11.3 Å². The summed E-state index contributed by atoms with van der Waals surface area (Å²) in [5.74, 6) is -0.300. The Kier molecular flexibility index (Phi) is 2.23. The van der Waals surface area contributed by atoms with Crippen LogP contribution < -0.4 is 0 Å². The minimum atomic E-state index is -0.526. The van der Waals surface area contributed by atoms with Crippen LogP contribution in [0.3, 0.4) is 0 Å². The number of alkyl halides is 1. The van der Waals surface area contributed by atoms with Gasteiger partial charge in [-0.1, -0.05) is 30.3 Å². The molecular weight excluding hydrogens is 188 g/mol. The third kappa shape index (κ3) is 1.54. The van der Waals surface area contributed by atoms with Crippen molar-refractivity contribution in [2.75, 3.05) is 6.61 Å². The number of cyclic esters (lactones) is 1. The van der Waals surface area contributed by atoms with Gasteiger partial charge in [0.15, 0.2) is 0 Å². The zero-order valence-corrected chi connectivity index (χ0v) is 7.70. The van der Waals surface area contributed by atoms with Gasteiger partial charge in [-0.15, -0.1) is 11.6 Å². The highest BCUT2D eigenvalue weighted by Gasteiger charge is 2.35. The Labute approximate surface area is 81.5 Å². The van der Waals surface area contributed by atoms with Crippen molar-refractivity contribution in [1.29, 1.82) is 0 Å². The highest BCUT2D eigenvalue weighted by atomic mass is 35.5. The van der Waals surface area contributed by atoms with Crippen LogP contribution in [0, 0.1) is 0 Å². The van der Waals surface area contributed by atoms with Crippen LogP contribution >= 0.6 is 11.6 Å². The summed E-state index contributed by atoms with van der Waals surface area (Å²) < 4.78 is 4.86. The fraction of sp³-hybridized carbons (Fsp3) is 0.300. The summed E-state index contributed by atoms with van der Waals surface area (Å²) in [6, 6.07) is 9.72. The molecule has 0 spiro atoms. The molecule has 2 nitrogen and oxygen atoms in total. The quantitative estimate of drug-likeness (QED) is 0.507. The fourth-order valence-electron chi connectivity index (χ4n) is 1.47. The summed E-state index contributed by atoms with van der Waals surface area (Å²) in [7, 11) is 0. The van der Waals surface area contributed by atoms with Gasteiger partial charge in [-0.05, 0) is 5.56 Å². The fourth-order valence-corrected chi connectivity index (χ4v) is 1.75. The van der Waals surface area contributed by atoms with Crippen LogP contribution in [0.4, 0.5) is 0 Å². The number of carbonyl (C=O) groups excluding carboxylic acids is 1. The summed E-state index contributed by atoms with van der Waals surface area (Å²) >= 11 is 5.89. The Balaban J connectivity index is 2.24. The molecule has 1 saturated heterocycles. The van der Waals surface area contributed by atoms with Gasteiger partial charge < -0.3 is 4.74 Å². The second-order valence-electron chi connectivity index (χ2n) is 3.05. The van der Waals surface area contributed by atoms with E-state index in [1.165, 1.54) is 0 Å². The molecule has 13 heavy (non-hydrogen) atoms. The van der Waals surface area contributed by atoms with Crippen LogP contribution in [-0.2, 0) is 9.53 Å². The van der Waals surface area contributed by atoms with Crippen molar-refractivity contribution < 1.29 is 9.53 Å². The van der Waals surface area contributed by atoms with Gasteiger partial charge in [0.05, 0.1) is 0 Å². The molecule has 0 amide bonds. The van der Waals surface area contributed by atoms with E-state index in [0.29, 0.717) is 6.61 Å². The molecule has 0 bridgehead atoms. The highest BCUT2D eigenvalue weighted by Crippen LogP contribution is 2.30. The molecule has 1 aliphatic rings. The SMILES string of the molecule is O=C1OCC(c2ccccc2)C1Cl. The molecule has 0 saturated carbocycles. The number of benzene rings is 1. The van der Waals surface area contributed by atoms with Crippen LogP contribution in [-0.4, -0.2) is 18.0 Å². The van der Waals surface area contributed by atoms with Crippen molar-refractivity contribution in [1.82, 2.24) is 0 Å². The molecule has 2 atom stereocenters. The van der Waals surface area contributed by atoms with Crippen molar-refractivity contribution >= 4 is 17.6 Å². The van der Waals surface area contributed by atoms with Crippen molar-refractivity contribution in [3.63, 3.8) is 0 Å². The Morgan fingerprint density at radius 2 is 2.00 bits per heavy atom. The van der Waals surface area contributed by atoms with E-state index >= 15 is 0 Å². The molecule has 0 N–H and O–H groups in total. The van der Waals surface area contributed by atoms with E-state index < -0.39 is 5.38 Å². The third-order valence-corrected chi connectivity index (χ3v) is 2.69. The lowest BCUT2D eigenvalue weighted by atomic mass is 9.98. The Hall–Kier alpha value is -1.02. The van der Waals surface area contributed by atoms with E-state index in [1.807, 2.05) is 30.3 Å². The average molecular weight is 197 g/mol. The van der Waals surface area contributed by atoms with Crippen LogP contribution in [0.5, 0.6) is 0 Å². The van der Waals surface area contributed by atoms with E-state index in [-0.39, 0.29) is 11.9 Å². The van der Waals surface area contributed by atoms with Gasteiger partial charge in [0.25, 0.3) is 0 Å². The van der Waals surface area contributed by atoms with E-state index in [4.69, 9.17) is 16.3 Å². The van der Waals surface area contributed by atoms with Gasteiger partial charge in [0.2, 0.25) is 0 Å². The first-order chi connectivity index (χ1) is 6.29. The molecule has 1 heterocycles. The minimum Gasteiger partial charge on any atom is -0.464 e. The average Bonchev–Trinajstić information content (AvgIpc) is 2.49. The smallest absolute Gasteiger partial charge is 0.324 e. The second-order valence-corrected chi connectivity index (χ2v) is 3.52. The van der Waals surface area contributed by atoms with E-state index in [2.05, 4.69) is 0 Å². The first-order valence-corrected chi connectivity index (χ1v) is 4.58. The normalized spacial score (nSPS) is 27.3. The molecule has 2 unspecified atom stereocenters. The number of halogens is 1. The Morgan fingerprint density at radius 1 is 1.31 bits per heavy atom. The summed E-state index contributed by atoms with van der Waals surface area (Å²) in [5.41, 5.74) is 1.06. The molecule has 1 fully saturated rings. The summed E-state index contributed by atoms with van der Waals surface area (Å²) in [4.78, 5) is 11.0. The number of ether oxygens (including phenoxy) is 1. The number of esters is 1. The van der Waals surface area contributed by atoms with Gasteiger partial charge in [0, 0.05) is 5.92 Å². The van der Waals surface area contributed by atoms with Gasteiger partial charge in [-0.2, -0.15) is 0 Å². The van der Waals surface area contributed by atoms with Crippen LogP contribution in [0.15, 0.2) is 30.3 Å². The zero-order valence-electron chi connectivity index (χ0n) is 6.94. The van der Waals surface area contributed by atoms with Crippen molar-refractivity contribution in [3.8, 4) is 0 Å². The number of rotatable bonds is 1. The molecule has 1 aliphatic heterocycles. The standard InChI is InChI=1S/C10H9ClO2/c11-9-8(6-13-10(9)12)7-4-2-1-3-5-7/h1-5,8-9H,6H2. The molecule has 0 radical (unpaired) electrons. The van der Waals surface area contributed by atoms with E-state index in [1.54, 1.807) is 0 Å². The van der Waals surface area contributed by atoms with Crippen molar-refractivity contribution in [2.24, 2.45) is 0 Å². The molecule has 0 aromatic heterocycles. The maximum Gasteiger partial charge on any atom is 0.324 e. The van der Waals surface area contributed by atoms with Crippen LogP contribution in [0.25, 0.3) is 0 Å². The Morgan fingerprint density at radius 3 is 2.54 bits per heavy atom. The topological polar surface area (TPSA) is 26.3 Å². The summed E-state index contributed by atoms with van der Waals surface area (Å²) in [5, 5.41) is -0.526. The molecule has 3 heteroatoms. The molecule has 1 aromatic carbocycles. The van der Waals surface area contributed by atoms with Gasteiger partial charge in [-0.3, -0.25) is 4.79 Å². The molecular formula is C10H9ClO2. The number of hydrogen-bond acceptors (Lipinski definition) is 2. The second kappa shape index (κ2) is 3.38. The largest absolute Gasteiger partial charge is 0.464 e. The first kappa shape index (κ1) is 8.57. The lowest BCUT2D eigenvalue weighted by Crippen LogP contribution is -2.13. The maximum atomic E-state index is 11.0. The maximum absolute atomic E-state index is 11.0. The molecule has 2 rings (SSSR count). The molecule has 1 aromatic rings. The van der Waals surface area contributed by atoms with Gasteiger partial charge >= 0.3 is 5.97 Å². The molecule has 0 aliphatic carbocycles. The molecule has 68 valence electrons. The van der Waals surface area contributed by atoms with E-state index in [9.17, 15) is 4.79 Å². The summed E-state index contributed by atoms with van der Waals surface area (Å²) in [6.07, 6.45) is 0. The minimum absolute atomic E-state index is 0.00960. The van der Waals surface area contributed by atoms with Crippen LogP contribution in [0.2, 0.25) is 0 Å². The van der Waals surface area contributed by atoms with Crippen molar-refractivity contribution in [3.05, 3.63) is 35.9 Å². The van der Waals surface area contributed by atoms with Gasteiger partial charge in [0.1, 0.15) is 12.0 Å². The predicted molar refractivity (Wildman–Crippen MR) is 49.8 cm³/mol. The lowest BCUT2D eigenvalue weighted by molar-refractivity contribution is -0.137. The monoisotopic (exact) mass is 196 g/mol. The summed E-state index contributed by atoms with van der Waals surface area (Å²) in [6.45, 7) is 0.400.